The third kappa shape index (κ3) is 4.92. The molecule has 0 aromatic heterocycles. The number of carboxylic acid groups (broad SMARTS) is 2. The monoisotopic (exact) mass is 186 g/mol. The molecule has 0 radical (unpaired) electrons. The Kier molecular flexibility index (Phi) is 7.87. The summed E-state index contributed by atoms with van der Waals surface area (Å²) in [6.45, 7) is 2.75. The number of hydrogen-bond acceptors (Lipinski definition) is 2. The second-order valence-electron chi connectivity index (χ2n) is 2.25. The maximum absolute atomic E-state index is 10.2. The Bertz CT molecular complexity index is 139. The van der Waals surface area contributed by atoms with Crippen molar-refractivity contribution in [3.05, 3.63) is 0 Å². The molecule has 0 aliphatic rings. The van der Waals surface area contributed by atoms with Crippen molar-refractivity contribution in [2.24, 2.45) is 11.8 Å². The van der Waals surface area contributed by atoms with Crippen LogP contribution >= 0.6 is 0 Å². The Labute approximate surface area is 107 Å². The molecule has 0 fully saturated rings. The topological polar surface area (TPSA) is 74.6 Å². The average Bonchev–Trinajstić information content (AvgIpc) is 1.84. The summed E-state index contributed by atoms with van der Waals surface area (Å²) >= 11 is 0. The molecule has 0 amide bonds. The summed E-state index contributed by atoms with van der Waals surface area (Å²) in [5, 5.41) is 16.7. The fourth-order valence-electron chi connectivity index (χ4n) is 0.428. The van der Waals surface area contributed by atoms with E-state index in [1.807, 2.05) is 0 Å². The normalized spacial score (nSPS) is 14.4. The van der Waals surface area contributed by atoms with E-state index < -0.39 is 23.8 Å². The van der Waals surface area contributed by atoms with Crippen LogP contribution in [-0.2, 0) is 9.59 Å². The zero-order valence-corrected chi connectivity index (χ0v) is 5.87. The summed E-state index contributed by atoms with van der Waals surface area (Å²) in [7, 11) is 0. The van der Waals surface area contributed by atoms with E-state index in [0.717, 1.165) is 0 Å². The minimum atomic E-state index is -1.07. The molecule has 60 valence electrons. The van der Waals surface area contributed by atoms with Gasteiger partial charge in [-0.1, -0.05) is 13.8 Å². The van der Waals surface area contributed by atoms with Crippen molar-refractivity contribution >= 4 is 63.3 Å². The van der Waals surface area contributed by atoms with Gasteiger partial charge in [-0.2, -0.15) is 0 Å². The van der Waals surface area contributed by atoms with Gasteiger partial charge in [-0.3, -0.25) is 9.59 Å². The van der Waals surface area contributed by atoms with Gasteiger partial charge in [0.15, 0.2) is 0 Å². The molecule has 0 spiro atoms. The van der Waals surface area contributed by atoms with Crippen molar-refractivity contribution in [2.75, 3.05) is 0 Å². The zero-order chi connectivity index (χ0) is 8.31. The standard InChI is InChI=1S/C6H10O4.K.H/c1-3(5(7)8)4(2)6(9)10;;/h3-4H,1-2H3,(H,7,8)(H,9,10);;. The van der Waals surface area contributed by atoms with E-state index in [1.165, 1.54) is 13.8 Å². The summed E-state index contributed by atoms with van der Waals surface area (Å²) in [6.07, 6.45) is 0. The van der Waals surface area contributed by atoms with Crippen molar-refractivity contribution < 1.29 is 19.8 Å². The fraction of sp³-hybridized carbons (Fsp3) is 0.667. The molecule has 0 bridgehead atoms. The van der Waals surface area contributed by atoms with E-state index in [2.05, 4.69) is 0 Å². The second kappa shape index (κ2) is 6.13. The van der Waals surface area contributed by atoms with E-state index in [0.29, 0.717) is 0 Å². The first kappa shape index (κ1) is 14.1. The van der Waals surface area contributed by atoms with E-state index in [4.69, 9.17) is 10.2 Å². The van der Waals surface area contributed by atoms with Crippen LogP contribution in [0.5, 0.6) is 0 Å². The number of hydrogen-bond donors (Lipinski definition) is 2. The number of aliphatic carboxylic acids is 2. The van der Waals surface area contributed by atoms with Crippen LogP contribution in [0.1, 0.15) is 13.8 Å². The van der Waals surface area contributed by atoms with Gasteiger partial charge in [0.25, 0.3) is 0 Å². The van der Waals surface area contributed by atoms with Crippen LogP contribution in [0, 0.1) is 11.8 Å². The van der Waals surface area contributed by atoms with Gasteiger partial charge in [-0.15, -0.1) is 0 Å². The summed E-state index contributed by atoms with van der Waals surface area (Å²) < 4.78 is 0. The number of carboxylic acids is 2. The molecule has 5 heteroatoms. The van der Waals surface area contributed by atoms with E-state index in [9.17, 15) is 9.59 Å². The molecule has 2 N–H and O–H groups in total. The Balaban J connectivity index is 0. The molecular formula is C6H11KO4. The van der Waals surface area contributed by atoms with Gasteiger partial charge in [0.05, 0.1) is 11.8 Å². The van der Waals surface area contributed by atoms with Crippen molar-refractivity contribution in [3.63, 3.8) is 0 Å². The summed E-state index contributed by atoms with van der Waals surface area (Å²) in [5.41, 5.74) is 0. The molecule has 0 aromatic rings. The predicted octanol–water partition coefficient (Wildman–Crippen LogP) is -0.221. The van der Waals surface area contributed by atoms with Crippen molar-refractivity contribution in [1.29, 1.82) is 0 Å². The second-order valence-corrected chi connectivity index (χ2v) is 2.25. The van der Waals surface area contributed by atoms with Crippen LogP contribution in [-0.4, -0.2) is 73.5 Å². The van der Waals surface area contributed by atoms with E-state index in [1.54, 1.807) is 0 Å². The third-order valence-corrected chi connectivity index (χ3v) is 1.53. The minimum absolute atomic E-state index is 0. The Morgan fingerprint density at radius 3 is 1.27 bits per heavy atom. The van der Waals surface area contributed by atoms with Gasteiger partial charge < -0.3 is 10.2 Å². The Morgan fingerprint density at radius 1 is 1.00 bits per heavy atom. The molecule has 0 aliphatic carbocycles. The SMILES string of the molecule is CC(C(=O)O)C(C)C(=O)O.[KH]. The Morgan fingerprint density at radius 2 is 1.18 bits per heavy atom. The molecule has 0 aromatic carbocycles. The van der Waals surface area contributed by atoms with Crippen LogP contribution in [0.15, 0.2) is 0 Å². The molecule has 11 heavy (non-hydrogen) atoms. The molecule has 0 heterocycles. The maximum atomic E-state index is 10.2. The Hall–Kier alpha value is 0.576. The first-order chi connectivity index (χ1) is 4.46. The van der Waals surface area contributed by atoms with Gasteiger partial charge in [0, 0.05) is 0 Å². The van der Waals surface area contributed by atoms with Crippen molar-refractivity contribution in [1.82, 2.24) is 0 Å². The fourth-order valence-corrected chi connectivity index (χ4v) is 0.428. The summed E-state index contributed by atoms with van der Waals surface area (Å²) in [4.78, 5) is 20.4. The summed E-state index contributed by atoms with van der Waals surface area (Å²) in [6, 6.07) is 0. The predicted molar refractivity (Wildman–Crippen MR) is 40.7 cm³/mol. The average molecular weight is 186 g/mol. The van der Waals surface area contributed by atoms with Crippen LogP contribution in [0.2, 0.25) is 0 Å². The van der Waals surface area contributed by atoms with Crippen molar-refractivity contribution in [3.8, 4) is 0 Å². The molecular weight excluding hydrogens is 175 g/mol. The van der Waals surface area contributed by atoms with Crippen LogP contribution in [0.3, 0.4) is 0 Å². The van der Waals surface area contributed by atoms with Gasteiger partial charge >= 0.3 is 63.3 Å². The van der Waals surface area contributed by atoms with E-state index >= 15 is 0 Å². The first-order valence-corrected chi connectivity index (χ1v) is 2.92. The number of rotatable bonds is 3. The molecule has 0 aliphatic heterocycles. The van der Waals surface area contributed by atoms with Crippen LogP contribution in [0.4, 0.5) is 0 Å². The summed E-state index contributed by atoms with van der Waals surface area (Å²) in [5.74, 6) is -3.79. The molecule has 2 atom stereocenters. The van der Waals surface area contributed by atoms with Gasteiger partial charge in [0.2, 0.25) is 0 Å². The quantitative estimate of drug-likeness (QED) is 0.597. The molecule has 0 rings (SSSR count). The molecule has 4 nitrogen and oxygen atoms in total. The van der Waals surface area contributed by atoms with Gasteiger partial charge in [-0.05, 0) is 0 Å². The first-order valence-electron chi connectivity index (χ1n) is 2.92. The third-order valence-electron chi connectivity index (χ3n) is 1.53. The molecule has 0 saturated carbocycles. The number of carbonyl (C=O) groups is 2. The zero-order valence-electron chi connectivity index (χ0n) is 5.87. The van der Waals surface area contributed by atoms with Crippen LogP contribution in [0.25, 0.3) is 0 Å². The van der Waals surface area contributed by atoms with E-state index in [-0.39, 0.29) is 51.4 Å². The van der Waals surface area contributed by atoms with Crippen LogP contribution < -0.4 is 0 Å². The molecule has 2 unspecified atom stereocenters. The van der Waals surface area contributed by atoms with Gasteiger partial charge in [0.1, 0.15) is 0 Å². The molecule has 0 saturated heterocycles. The van der Waals surface area contributed by atoms with Crippen molar-refractivity contribution in [2.45, 2.75) is 13.8 Å². The van der Waals surface area contributed by atoms with Gasteiger partial charge in [-0.25, -0.2) is 0 Å².